The second-order valence-corrected chi connectivity index (χ2v) is 4.41. The van der Waals surface area contributed by atoms with Crippen LogP contribution in [0.3, 0.4) is 0 Å². The predicted molar refractivity (Wildman–Crippen MR) is 67.1 cm³/mol. The van der Waals surface area contributed by atoms with Crippen molar-refractivity contribution in [3.8, 4) is 0 Å². The van der Waals surface area contributed by atoms with Crippen LogP contribution >= 0.6 is 9.39 Å². The van der Waals surface area contributed by atoms with Crippen LogP contribution in [-0.2, 0) is 16.0 Å². The Morgan fingerprint density at radius 2 is 2.44 bits per heavy atom. The van der Waals surface area contributed by atoms with Gasteiger partial charge in [0.25, 0.3) is 0 Å². The van der Waals surface area contributed by atoms with Gasteiger partial charge in [0.15, 0.2) is 0 Å². The highest BCUT2D eigenvalue weighted by Gasteiger charge is 2.17. The number of aromatic nitrogens is 1. The summed E-state index contributed by atoms with van der Waals surface area (Å²) in [4.78, 5) is 11.4. The first-order chi connectivity index (χ1) is 7.72. The zero-order chi connectivity index (χ0) is 11.5. The summed E-state index contributed by atoms with van der Waals surface area (Å²) in [5.74, 6) is -0.234. The van der Waals surface area contributed by atoms with Crippen molar-refractivity contribution in [3.63, 3.8) is 0 Å². The molecule has 16 heavy (non-hydrogen) atoms. The number of carbonyl (C=O) groups is 1. The number of hydrogen-bond acceptors (Lipinski definition) is 2. The van der Waals surface area contributed by atoms with Crippen molar-refractivity contribution in [3.05, 3.63) is 29.6 Å². The fourth-order valence-corrected chi connectivity index (χ4v) is 2.45. The Morgan fingerprint density at radius 1 is 1.62 bits per heavy atom. The summed E-state index contributed by atoms with van der Waals surface area (Å²) < 4.78 is 6.99. The fraction of sp³-hybridized carbons (Fsp3) is 0.417. The molecule has 0 amide bonds. The number of esters is 1. The average molecular weight is 237 g/mol. The van der Waals surface area contributed by atoms with Crippen LogP contribution in [0.1, 0.15) is 31.0 Å². The van der Waals surface area contributed by atoms with E-state index < -0.39 is 0 Å². The van der Waals surface area contributed by atoms with E-state index in [-0.39, 0.29) is 5.97 Å². The zero-order valence-electron chi connectivity index (χ0n) is 9.40. The first kappa shape index (κ1) is 11.4. The van der Waals surface area contributed by atoms with Crippen molar-refractivity contribution in [2.24, 2.45) is 0 Å². The number of carbonyl (C=O) groups excluding carboxylic acids is 1. The highest BCUT2D eigenvalue weighted by Crippen LogP contribution is 2.32. The summed E-state index contributed by atoms with van der Waals surface area (Å²) >= 11 is 0. The molecule has 86 valence electrons. The molecule has 0 N–H and O–H groups in total. The second-order valence-electron chi connectivity index (χ2n) is 3.86. The molecule has 0 saturated heterocycles. The van der Waals surface area contributed by atoms with E-state index in [1.165, 1.54) is 11.3 Å². The maximum atomic E-state index is 11.4. The number of allylic oxidation sites excluding steroid dienone is 1. The van der Waals surface area contributed by atoms with Crippen molar-refractivity contribution >= 4 is 20.9 Å². The fourth-order valence-electron chi connectivity index (χ4n) is 2.09. The van der Waals surface area contributed by atoms with Crippen LogP contribution in [0.25, 0.3) is 5.57 Å². The third-order valence-corrected chi connectivity index (χ3v) is 3.29. The van der Waals surface area contributed by atoms with Crippen molar-refractivity contribution in [2.75, 3.05) is 6.61 Å². The molecule has 1 unspecified atom stereocenters. The molecule has 4 heteroatoms. The number of nitrogens with zero attached hydrogens (tertiary/aromatic N) is 1. The lowest BCUT2D eigenvalue weighted by atomic mass is 9.92. The molecule has 0 saturated carbocycles. The number of rotatable bonds is 2. The van der Waals surface area contributed by atoms with E-state index in [0.29, 0.717) is 6.61 Å². The van der Waals surface area contributed by atoms with Crippen LogP contribution in [0.2, 0.25) is 0 Å². The van der Waals surface area contributed by atoms with E-state index >= 15 is 0 Å². The number of fused-ring (bicyclic) bond motifs is 1. The van der Waals surface area contributed by atoms with Gasteiger partial charge in [-0.25, -0.2) is 4.79 Å². The highest BCUT2D eigenvalue weighted by atomic mass is 31.0. The molecule has 0 fully saturated rings. The minimum Gasteiger partial charge on any atom is -0.463 e. The Hall–Kier alpha value is -1.08. The molecular formula is C12H16NO2P. The molecule has 0 spiro atoms. The molecule has 2 rings (SSSR count). The van der Waals surface area contributed by atoms with Gasteiger partial charge in [-0.15, -0.1) is 0 Å². The maximum absolute atomic E-state index is 11.4. The molecule has 1 aromatic rings. The van der Waals surface area contributed by atoms with E-state index in [1.54, 1.807) is 6.08 Å². The maximum Gasteiger partial charge on any atom is 0.331 e. The molecule has 0 radical (unpaired) electrons. The van der Waals surface area contributed by atoms with Gasteiger partial charge in [-0.1, -0.05) is 0 Å². The molecule has 1 aromatic heterocycles. The van der Waals surface area contributed by atoms with Crippen molar-refractivity contribution in [2.45, 2.75) is 26.2 Å². The summed E-state index contributed by atoms with van der Waals surface area (Å²) in [6, 6.07) is 2.06. The Labute approximate surface area is 97.7 Å². The van der Waals surface area contributed by atoms with Gasteiger partial charge in [-0.05, 0) is 52.8 Å². The Kier molecular flexibility index (Phi) is 3.45. The summed E-state index contributed by atoms with van der Waals surface area (Å²) in [5.41, 5.74) is 3.57. The minimum absolute atomic E-state index is 0.234. The smallest absolute Gasteiger partial charge is 0.331 e. The molecule has 0 aliphatic heterocycles. The average Bonchev–Trinajstić information content (AvgIpc) is 2.62. The molecule has 1 aliphatic carbocycles. The van der Waals surface area contributed by atoms with Crippen LogP contribution in [0.4, 0.5) is 0 Å². The Balaban J connectivity index is 2.28. The first-order valence-electron chi connectivity index (χ1n) is 5.55. The third kappa shape index (κ3) is 2.19. The largest absolute Gasteiger partial charge is 0.463 e. The van der Waals surface area contributed by atoms with Gasteiger partial charge in [0.05, 0.1) is 6.61 Å². The number of hydrogen-bond donors (Lipinski definition) is 0. The van der Waals surface area contributed by atoms with E-state index in [2.05, 4.69) is 15.5 Å². The molecule has 1 aliphatic rings. The van der Waals surface area contributed by atoms with Crippen LogP contribution in [0.5, 0.6) is 0 Å². The third-order valence-electron chi connectivity index (χ3n) is 2.81. The number of ether oxygens (including phenoxy) is 1. The molecule has 0 aromatic carbocycles. The molecule has 3 nitrogen and oxygen atoms in total. The van der Waals surface area contributed by atoms with Gasteiger partial charge >= 0.3 is 5.97 Å². The van der Waals surface area contributed by atoms with Crippen LogP contribution in [0, 0.1) is 0 Å². The van der Waals surface area contributed by atoms with Gasteiger partial charge in [0.1, 0.15) is 0 Å². The predicted octanol–water partition coefficient (Wildman–Crippen LogP) is 2.41. The standard InChI is InChI=1S/C12H16NO2P/c1-2-15-12(14)8-9-4-3-5-11-10(9)6-7-13(11)16/h6-8H,2-5,16H2,1H3/b9-8-. The topological polar surface area (TPSA) is 31.2 Å². The molecular weight excluding hydrogens is 221 g/mol. The van der Waals surface area contributed by atoms with E-state index in [0.717, 1.165) is 24.8 Å². The summed E-state index contributed by atoms with van der Waals surface area (Å²) in [6.07, 6.45) is 6.77. The highest BCUT2D eigenvalue weighted by molar-refractivity contribution is 7.14. The normalized spacial score (nSPS) is 17.2. The Morgan fingerprint density at radius 3 is 3.19 bits per heavy atom. The van der Waals surface area contributed by atoms with E-state index in [4.69, 9.17) is 4.74 Å². The lowest BCUT2D eigenvalue weighted by molar-refractivity contribution is -0.137. The molecule has 0 bridgehead atoms. The van der Waals surface area contributed by atoms with Crippen LogP contribution in [-0.4, -0.2) is 16.9 Å². The van der Waals surface area contributed by atoms with Crippen molar-refractivity contribution in [1.82, 2.24) is 4.34 Å². The van der Waals surface area contributed by atoms with E-state index in [1.807, 2.05) is 17.5 Å². The van der Waals surface area contributed by atoms with Crippen molar-refractivity contribution < 1.29 is 9.53 Å². The minimum atomic E-state index is -0.234. The Bertz CT molecular complexity index is 434. The summed E-state index contributed by atoms with van der Waals surface area (Å²) in [5, 5.41) is 0. The van der Waals surface area contributed by atoms with Crippen molar-refractivity contribution in [1.29, 1.82) is 0 Å². The van der Waals surface area contributed by atoms with Gasteiger partial charge in [-0.2, -0.15) is 0 Å². The molecule has 1 heterocycles. The van der Waals surface area contributed by atoms with Gasteiger partial charge in [0.2, 0.25) is 0 Å². The SMILES string of the molecule is CCOC(=O)/C=C1/CCCc2c1ccn2P. The monoisotopic (exact) mass is 237 g/mol. The quantitative estimate of drug-likeness (QED) is 0.449. The summed E-state index contributed by atoms with van der Waals surface area (Å²) in [6.45, 7) is 2.25. The second kappa shape index (κ2) is 4.84. The van der Waals surface area contributed by atoms with Crippen LogP contribution in [0.15, 0.2) is 18.3 Å². The van der Waals surface area contributed by atoms with Gasteiger partial charge in [-0.3, -0.25) is 0 Å². The molecule has 1 atom stereocenters. The first-order valence-corrected chi connectivity index (χ1v) is 6.07. The lowest BCUT2D eigenvalue weighted by Crippen LogP contribution is -2.06. The zero-order valence-corrected chi connectivity index (χ0v) is 10.6. The van der Waals surface area contributed by atoms with E-state index in [9.17, 15) is 4.79 Å². The lowest BCUT2D eigenvalue weighted by Gasteiger charge is -2.16. The van der Waals surface area contributed by atoms with Gasteiger partial charge in [0, 0.05) is 18.0 Å². The summed E-state index contributed by atoms with van der Waals surface area (Å²) in [7, 11) is 2.67. The van der Waals surface area contributed by atoms with Crippen LogP contribution < -0.4 is 0 Å². The van der Waals surface area contributed by atoms with Gasteiger partial charge < -0.3 is 9.07 Å².